The molecule has 0 bridgehead atoms. The predicted octanol–water partition coefficient (Wildman–Crippen LogP) is 2.85. The van der Waals surface area contributed by atoms with Gasteiger partial charge in [-0.1, -0.05) is 12.0 Å². The normalized spacial score (nSPS) is 42.2. The van der Waals surface area contributed by atoms with E-state index in [9.17, 15) is 9.90 Å². The van der Waals surface area contributed by atoms with Gasteiger partial charge in [-0.15, -0.1) is 0 Å². The molecule has 1 N–H and O–H groups in total. The molecule has 94 valence electrons. The second kappa shape index (κ2) is 4.56. The van der Waals surface area contributed by atoms with Crippen LogP contribution in [-0.2, 0) is 4.79 Å². The monoisotopic (exact) mass is 234 g/mol. The minimum atomic E-state index is -0.0456. The number of hydrogen-bond donors (Lipinski definition) is 1. The maximum Gasteiger partial charge on any atom is 0.155 e. The molecule has 4 atom stereocenters. The summed E-state index contributed by atoms with van der Waals surface area (Å²) in [5.41, 5.74) is 1.41. The van der Waals surface area contributed by atoms with Gasteiger partial charge >= 0.3 is 0 Å². The zero-order valence-electron chi connectivity index (χ0n) is 10.4. The van der Waals surface area contributed by atoms with Gasteiger partial charge < -0.3 is 5.11 Å². The van der Waals surface area contributed by atoms with Crippen molar-refractivity contribution in [1.82, 2.24) is 0 Å². The molecule has 2 heteroatoms. The van der Waals surface area contributed by atoms with E-state index in [2.05, 4.69) is 0 Å². The summed E-state index contributed by atoms with van der Waals surface area (Å²) in [5, 5.41) is 10.0. The molecule has 2 fully saturated rings. The third-order valence-corrected chi connectivity index (χ3v) is 5.14. The molecule has 0 aromatic rings. The lowest BCUT2D eigenvalue weighted by atomic mass is 9.68. The number of ketones is 1. The standard InChI is InChI=1S/C15H22O2/c16-13-7-6-10-8-12(5-4-11(10)9-13)14-2-1-3-15(14)17/h9-10,12,14-15,17H,1-8H2. The first-order chi connectivity index (χ1) is 8.24. The van der Waals surface area contributed by atoms with Gasteiger partial charge in [0.05, 0.1) is 6.10 Å². The summed E-state index contributed by atoms with van der Waals surface area (Å²) in [7, 11) is 0. The third-order valence-electron chi connectivity index (χ3n) is 5.14. The minimum Gasteiger partial charge on any atom is -0.393 e. The molecule has 0 aliphatic heterocycles. The average molecular weight is 234 g/mol. The number of carbonyl (C=O) groups is 1. The van der Waals surface area contributed by atoms with Crippen molar-refractivity contribution in [3.05, 3.63) is 11.6 Å². The molecule has 2 nitrogen and oxygen atoms in total. The van der Waals surface area contributed by atoms with Crippen LogP contribution >= 0.6 is 0 Å². The Balaban J connectivity index is 1.68. The predicted molar refractivity (Wildman–Crippen MR) is 66.5 cm³/mol. The molecule has 0 radical (unpaired) electrons. The van der Waals surface area contributed by atoms with Crippen molar-refractivity contribution in [1.29, 1.82) is 0 Å². The van der Waals surface area contributed by atoms with Gasteiger partial charge in [-0.2, -0.15) is 0 Å². The van der Waals surface area contributed by atoms with Crippen LogP contribution in [0.3, 0.4) is 0 Å². The number of carbonyl (C=O) groups excluding carboxylic acids is 1. The molecule has 3 aliphatic rings. The highest BCUT2D eigenvalue weighted by Crippen LogP contribution is 2.45. The lowest BCUT2D eigenvalue weighted by Crippen LogP contribution is -2.30. The number of aliphatic hydroxyl groups excluding tert-OH is 1. The molecule has 17 heavy (non-hydrogen) atoms. The summed E-state index contributed by atoms with van der Waals surface area (Å²) in [6, 6.07) is 0. The van der Waals surface area contributed by atoms with Crippen molar-refractivity contribution in [2.24, 2.45) is 17.8 Å². The summed E-state index contributed by atoms with van der Waals surface area (Å²) >= 11 is 0. The van der Waals surface area contributed by atoms with Gasteiger partial charge in [0.15, 0.2) is 5.78 Å². The Kier molecular flexibility index (Phi) is 3.08. The van der Waals surface area contributed by atoms with Gasteiger partial charge in [0.2, 0.25) is 0 Å². The lowest BCUT2D eigenvalue weighted by molar-refractivity contribution is -0.115. The van der Waals surface area contributed by atoms with Gasteiger partial charge in [-0.25, -0.2) is 0 Å². The van der Waals surface area contributed by atoms with Crippen LogP contribution in [-0.4, -0.2) is 17.0 Å². The fraction of sp³-hybridized carbons (Fsp3) is 0.800. The average Bonchev–Trinajstić information content (AvgIpc) is 2.75. The fourth-order valence-corrected chi connectivity index (χ4v) is 4.19. The van der Waals surface area contributed by atoms with E-state index in [0.717, 1.165) is 25.7 Å². The highest BCUT2D eigenvalue weighted by molar-refractivity contribution is 5.91. The van der Waals surface area contributed by atoms with Crippen LogP contribution in [0.4, 0.5) is 0 Å². The summed E-state index contributed by atoms with van der Waals surface area (Å²) in [6.45, 7) is 0. The molecule has 3 rings (SSSR count). The summed E-state index contributed by atoms with van der Waals surface area (Å²) in [6.07, 6.45) is 10.6. The van der Waals surface area contributed by atoms with Crippen LogP contribution in [0, 0.1) is 17.8 Å². The van der Waals surface area contributed by atoms with Crippen LogP contribution < -0.4 is 0 Å². The molecule has 4 unspecified atom stereocenters. The molecule has 0 heterocycles. The maximum absolute atomic E-state index is 11.4. The van der Waals surface area contributed by atoms with Crippen molar-refractivity contribution in [3.63, 3.8) is 0 Å². The van der Waals surface area contributed by atoms with Crippen LogP contribution in [0.15, 0.2) is 11.6 Å². The molecular weight excluding hydrogens is 212 g/mol. The van der Waals surface area contributed by atoms with E-state index in [1.807, 2.05) is 6.08 Å². The van der Waals surface area contributed by atoms with Crippen molar-refractivity contribution in [2.75, 3.05) is 0 Å². The van der Waals surface area contributed by atoms with Gasteiger partial charge in [-0.05, 0) is 62.4 Å². The van der Waals surface area contributed by atoms with Gasteiger partial charge in [-0.3, -0.25) is 4.79 Å². The van der Waals surface area contributed by atoms with Crippen molar-refractivity contribution in [3.8, 4) is 0 Å². The van der Waals surface area contributed by atoms with Gasteiger partial charge in [0, 0.05) is 6.42 Å². The SMILES string of the molecule is O=C1C=C2CCC(C3CCCC3O)CC2CC1. The quantitative estimate of drug-likeness (QED) is 0.757. The first kappa shape index (κ1) is 11.5. The second-order valence-corrected chi connectivity index (χ2v) is 6.12. The minimum absolute atomic E-state index is 0.0456. The third kappa shape index (κ3) is 2.20. The number of rotatable bonds is 1. The highest BCUT2D eigenvalue weighted by atomic mass is 16.3. The molecule has 2 saturated carbocycles. The zero-order valence-corrected chi connectivity index (χ0v) is 10.4. The topological polar surface area (TPSA) is 37.3 Å². The first-order valence-corrected chi connectivity index (χ1v) is 7.15. The Morgan fingerprint density at radius 1 is 1.12 bits per heavy atom. The first-order valence-electron chi connectivity index (χ1n) is 7.15. The van der Waals surface area contributed by atoms with Crippen LogP contribution in [0.2, 0.25) is 0 Å². The summed E-state index contributed by atoms with van der Waals surface area (Å²) in [4.78, 5) is 11.4. The van der Waals surface area contributed by atoms with Gasteiger partial charge in [0.25, 0.3) is 0 Å². The van der Waals surface area contributed by atoms with E-state index in [1.165, 1.54) is 31.3 Å². The number of allylic oxidation sites excluding steroid dienone is 2. The fourth-order valence-electron chi connectivity index (χ4n) is 4.19. The van der Waals surface area contributed by atoms with E-state index in [0.29, 0.717) is 23.5 Å². The van der Waals surface area contributed by atoms with Gasteiger partial charge in [0.1, 0.15) is 0 Å². The largest absolute Gasteiger partial charge is 0.393 e. The zero-order chi connectivity index (χ0) is 11.8. The van der Waals surface area contributed by atoms with Crippen LogP contribution in [0.1, 0.15) is 51.4 Å². The Hall–Kier alpha value is -0.630. The van der Waals surface area contributed by atoms with Crippen LogP contribution in [0.5, 0.6) is 0 Å². The Morgan fingerprint density at radius 2 is 2.00 bits per heavy atom. The van der Waals surface area contributed by atoms with Crippen molar-refractivity contribution >= 4 is 5.78 Å². The summed E-state index contributed by atoms with van der Waals surface area (Å²) < 4.78 is 0. The maximum atomic E-state index is 11.4. The molecule has 0 aromatic carbocycles. The molecular formula is C15H22O2. The molecule has 0 saturated heterocycles. The van der Waals surface area contributed by atoms with E-state index in [1.54, 1.807) is 0 Å². The summed E-state index contributed by atoms with van der Waals surface area (Å²) in [5.74, 6) is 2.24. The van der Waals surface area contributed by atoms with E-state index < -0.39 is 0 Å². The van der Waals surface area contributed by atoms with Crippen molar-refractivity contribution < 1.29 is 9.90 Å². The highest BCUT2D eigenvalue weighted by Gasteiger charge is 2.37. The Bertz CT molecular complexity index is 345. The molecule has 3 aliphatic carbocycles. The number of hydrogen-bond acceptors (Lipinski definition) is 2. The van der Waals surface area contributed by atoms with Crippen LogP contribution in [0.25, 0.3) is 0 Å². The number of aliphatic hydroxyl groups is 1. The lowest BCUT2D eigenvalue weighted by Gasteiger charge is -2.37. The number of fused-ring (bicyclic) bond motifs is 1. The van der Waals surface area contributed by atoms with E-state index in [4.69, 9.17) is 0 Å². The van der Waals surface area contributed by atoms with Crippen molar-refractivity contribution in [2.45, 2.75) is 57.5 Å². The van der Waals surface area contributed by atoms with E-state index in [-0.39, 0.29) is 6.10 Å². The second-order valence-electron chi connectivity index (χ2n) is 6.12. The molecule has 0 amide bonds. The Morgan fingerprint density at radius 3 is 2.76 bits per heavy atom. The molecule has 0 aromatic heterocycles. The van der Waals surface area contributed by atoms with E-state index >= 15 is 0 Å². The molecule has 0 spiro atoms. The smallest absolute Gasteiger partial charge is 0.155 e. The Labute approximate surface area is 103 Å².